The molecule has 0 spiro atoms. The maximum atomic E-state index is 11.3. The van der Waals surface area contributed by atoms with Gasteiger partial charge in [0.25, 0.3) is 0 Å². The van der Waals surface area contributed by atoms with E-state index in [1.807, 2.05) is 74.4 Å². The quantitative estimate of drug-likeness (QED) is 0.159. The van der Waals surface area contributed by atoms with E-state index in [1.54, 1.807) is 7.11 Å². The van der Waals surface area contributed by atoms with Crippen LogP contribution in [-0.2, 0) is 33.3 Å². The minimum atomic E-state index is -0.367. The molecule has 0 aliphatic rings. The van der Waals surface area contributed by atoms with Crippen molar-refractivity contribution in [2.75, 3.05) is 54.2 Å². The summed E-state index contributed by atoms with van der Waals surface area (Å²) in [6, 6.07) is 0. The van der Waals surface area contributed by atoms with Crippen LogP contribution in [0.5, 0.6) is 0 Å². The summed E-state index contributed by atoms with van der Waals surface area (Å²) >= 11 is 0. The molecule has 0 aromatic rings. The second-order valence-corrected chi connectivity index (χ2v) is 10.4. The van der Waals surface area contributed by atoms with E-state index >= 15 is 0 Å². The van der Waals surface area contributed by atoms with Crippen LogP contribution in [0.15, 0.2) is 0 Å². The van der Waals surface area contributed by atoms with Crippen LogP contribution in [0.4, 0.5) is 0 Å². The maximum absolute atomic E-state index is 11.3. The van der Waals surface area contributed by atoms with E-state index in [-0.39, 0.29) is 34.7 Å². The summed E-state index contributed by atoms with van der Waals surface area (Å²) < 4.78 is 19.9. The van der Waals surface area contributed by atoms with Crippen LogP contribution in [0.3, 0.4) is 0 Å². The van der Waals surface area contributed by atoms with Crippen LogP contribution in [0.1, 0.15) is 94.4 Å². The van der Waals surface area contributed by atoms with Gasteiger partial charge in [-0.3, -0.25) is 14.4 Å². The monoisotopic (exact) mass is 519 g/mol. The van der Waals surface area contributed by atoms with Crippen molar-refractivity contribution in [3.8, 4) is 0 Å². The molecule has 0 fully saturated rings. The summed E-state index contributed by atoms with van der Waals surface area (Å²) in [6.45, 7) is 20.2. The summed E-state index contributed by atoms with van der Waals surface area (Å²) in [5.74, 6) is -0.271. The molecule has 0 radical (unpaired) electrons. The number of nitrogens with zero attached hydrogens (tertiary/aromatic N) is 1. The molecule has 0 aliphatic heterocycles. The molecule has 0 aliphatic carbocycles. The number of likely N-dealkylation sites (N-methyl/N-ethyl adjacent to an activating group) is 1. The lowest BCUT2D eigenvalue weighted by Crippen LogP contribution is -2.26. The smallest absolute Gasteiger partial charge is 0.311 e. The molecule has 0 aromatic heterocycles. The topological polar surface area (TPSA) is 91.4 Å². The number of unbranched alkanes of at least 4 members (excludes halogenated alkanes) is 1. The van der Waals surface area contributed by atoms with Gasteiger partial charge in [-0.25, -0.2) is 0 Å². The Labute approximate surface area is 221 Å². The van der Waals surface area contributed by atoms with Crippen molar-refractivity contribution < 1.29 is 33.3 Å². The molecular formula is C28H57NO7. The molecule has 36 heavy (non-hydrogen) atoms. The Bertz CT molecular complexity index is 540. The Hall–Kier alpha value is -1.67. The van der Waals surface area contributed by atoms with Crippen LogP contribution < -0.4 is 0 Å². The number of hydrogen-bond donors (Lipinski definition) is 0. The highest BCUT2D eigenvalue weighted by Gasteiger charge is 2.27. The normalized spacial score (nSPS) is 11.9. The highest BCUT2D eigenvalue weighted by atomic mass is 16.6. The first-order valence-electron chi connectivity index (χ1n) is 13.3. The van der Waals surface area contributed by atoms with Gasteiger partial charge < -0.3 is 23.8 Å². The molecule has 8 heteroatoms. The molecule has 0 bridgehead atoms. The number of hydrogen-bond acceptors (Lipinski definition) is 8. The summed E-state index contributed by atoms with van der Waals surface area (Å²) in [5.41, 5.74) is -0.679. The first-order chi connectivity index (χ1) is 16.7. The van der Waals surface area contributed by atoms with Gasteiger partial charge in [0.15, 0.2) is 0 Å². The van der Waals surface area contributed by atoms with Crippen molar-refractivity contribution in [3.63, 3.8) is 0 Å². The van der Waals surface area contributed by atoms with Crippen LogP contribution >= 0.6 is 0 Å². The highest BCUT2D eigenvalue weighted by Crippen LogP contribution is 2.22. The number of carbonyl (C=O) groups excluding carboxylic acids is 3. The van der Waals surface area contributed by atoms with Crippen LogP contribution in [0, 0.1) is 16.7 Å². The van der Waals surface area contributed by atoms with Crippen molar-refractivity contribution in [2.45, 2.75) is 94.4 Å². The zero-order valence-corrected chi connectivity index (χ0v) is 25.5. The molecule has 0 saturated carbocycles. The second kappa shape index (κ2) is 22.5. The van der Waals surface area contributed by atoms with E-state index in [9.17, 15) is 14.4 Å². The van der Waals surface area contributed by atoms with Crippen molar-refractivity contribution in [1.82, 2.24) is 4.90 Å². The lowest BCUT2D eigenvalue weighted by Gasteiger charge is -2.19. The van der Waals surface area contributed by atoms with Gasteiger partial charge in [-0.05, 0) is 67.5 Å². The predicted molar refractivity (Wildman–Crippen MR) is 146 cm³/mol. The Balaban J connectivity index is -0.000000454. The van der Waals surface area contributed by atoms with E-state index in [2.05, 4.69) is 6.92 Å². The standard InChI is InChI=1S/C10H20O2.C9H19NO2.C9H18O3/c1-5-7-8-12-9(11)10(3,4)6-2;1-5-8(2)9(11)12-7-6-10(3)4;1-5-9(2,3)8(10)12-7-6-11-4/h5-8H2,1-4H3;8H,5-7H2,1-4H3;5-7H2,1-4H3. The molecule has 1 unspecified atom stereocenters. The summed E-state index contributed by atoms with van der Waals surface area (Å²) in [7, 11) is 5.49. The Morgan fingerprint density at radius 3 is 1.58 bits per heavy atom. The van der Waals surface area contributed by atoms with Gasteiger partial charge in [0.2, 0.25) is 0 Å². The Morgan fingerprint density at radius 1 is 0.750 bits per heavy atom. The van der Waals surface area contributed by atoms with Gasteiger partial charge in [0.05, 0.1) is 30.0 Å². The first-order valence-corrected chi connectivity index (χ1v) is 13.3. The second-order valence-electron chi connectivity index (χ2n) is 10.4. The van der Waals surface area contributed by atoms with Crippen molar-refractivity contribution in [1.29, 1.82) is 0 Å². The maximum Gasteiger partial charge on any atom is 0.311 e. The van der Waals surface area contributed by atoms with E-state index in [0.29, 0.717) is 26.4 Å². The zero-order chi connectivity index (χ0) is 28.8. The highest BCUT2D eigenvalue weighted by molar-refractivity contribution is 5.76. The van der Waals surface area contributed by atoms with Gasteiger partial charge in [0.1, 0.15) is 13.2 Å². The summed E-state index contributed by atoms with van der Waals surface area (Å²) in [6.07, 6.45) is 4.50. The number of carbonyl (C=O) groups is 3. The molecule has 1 atom stereocenters. The van der Waals surface area contributed by atoms with E-state index in [0.717, 1.165) is 38.6 Å². The van der Waals surface area contributed by atoms with Gasteiger partial charge in [-0.2, -0.15) is 0 Å². The average Bonchev–Trinajstić information content (AvgIpc) is 2.84. The number of rotatable bonds is 15. The van der Waals surface area contributed by atoms with Crippen molar-refractivity contribution in [2.24, 2.45) is 16.7 Å². The minimum Gasteiger partial charge on any atom is -0.465 e. The van der Waals surface area contributed by atoms with Gasteiger partial charge in [-0.15, -0.1) is 0 Å². The summed E-state index contributed by atoms with van der Waals surface area (Å²) in [5, 5.41) is 0. The Kier molecular flexibility index (Phi) is 24.3. The molecular weight excluding hydrogens is 462 g/mol. The molecule has 8 nitrogen and oxygen atoms in total. The van der Waals surface area contributed by atoms with Crippen LogP contribution in [0.25, 0.3) is 0 Å². The Morgan fingerprint density at radius 2 is 1.22 bits per heavy atom. The number of esters is 3. The minimum absolute atomic E-state index is 0.0344. The molecule has 0 aromatic carbocycles. The fourth-order valence-electron chi connectivity index (χ4n) is 1.84. The summed E-state index contributed by atoms with van der Waals surface area (Å²) in [4.78, 5) is 35.7. The third-order valence-corrected chi connectivity index (χ3v) is 5.92. The van der Waals surface area contributed by atoms with Crippen LogP contribution in [-0.4, -0.2) is 77.0 Å². The van der Waals surface area contributed by atoms with Crippen molar-refractivity contribution >= 4 is 17.9 Å². The molecule has 0 N–H and O–H groups in total. The van der Waals surface area contributed by atoms with Gasteiger partial charge in [0, 0.05) is 13.7 Å². The lowest BCUT2D eigenvalue weighted by molar-refractivity contribution is -0.155. The first kappa shape index (κ1) is 38.9. The molecule has 0 amide bonds. The lowest BCUT2D eigenvalue weighted by atomic mass is 9.91. The zero-order valence-electron chi connectivity index (χ0n) is 25.5. The molecule has 0 heterocycles. The average molecular weight is 520 g/mol. The van der Waals surface area contributed by atoms with E-state index < -0.39 is 0 Å². The fourth-order valence-corrected chi connectivity index (χ4v) is 1.84. The third kappa shape index (κ3) is 21.6. The number of ether oxygens (including phenoxy) is 4. The van der Waals surface area contributed by atoms with E-state index in [1.165, 1.54) is 0 Å². The third-order valence-electron chi connectivity index (χ3n) is 5.92. The van der Waals surface area contributed by atoms with Crippen LogP contribution in [0.2, 0.25) is 0 Å². The molecule has 216 valence electrons. The number of methoxy groups -OCH3 is 1. The van der Waals surface area contributed by atoms with Gasteiger partial charge in [-0.1, -0.05) is 41.0 Å². The predicted octanol–water partition coefficient (Wildman–Crippen LogP) is 5.52. The van der Waals surface area contributed by atoms with Gasteiger partial charge >= 0.3 is 17.9 Å². The van der Waals surface area contributed by atoms with E-state index in [4.69, 9.17) is 18.9 Å². The largest absolute Gasteiger partial charge is 0.465 e. The fraction of sp³-hybridized carbons (Fsp3) is 0.893. The SMILES string of the molecule is CCC(C)(C)C(=O)OCCOC.CCC(C)C(=O)OCCN(C)C.CCCCOC(=O)C(C)(C)CC. The molecule has 0 saturated heterocycles. The van der Waals surface area contributed by atoms with Crippen molar-refractivity contribution in [3.05, 3.63) is 0 Å². The molecule has 0 rings (SSSR count).